The van der Waals surface area contributed by atoms with E-state index >= 15 is 0 Å². The van der Waals surface area contributed by atoms with Gasteiger partial charge in [0.25, 0.3) is 0 Å². The number of thioether (sulfide) groups is 1. The Morgan fingerprint density at radius 3 is 3.00 bits per heavy atom. The molecule has 2 nitrogen and oxygen atoms in total. The van der Waals surface area contributed by atoms with Crippen LogP contribution in [0.15, 0.2) is 18.2 Å². The third kappa shape index (κ3) is 2.65. The van der Waals surface area contributed by atoms with Crippen molar-refractivity contribution < 1.29 is 5.11 Å². The molecule has 0 aromatic heterocycles. The van der Waals surface area contributed by atoms with E-state index in [0.29, 0.717) is 0 Å². The molecule has 2 rings (SSSR count). The molecular weight excluding hydrogens is 242 g/mol. The van der Waals surface area contributed by atoms with Gasteiger partial charge < -0.3 is 10.0 Å². The average Bonchev–Trinajstić information content (AvgIpc) is 2.57. The lowest BCUT2D eigenvalue weighted by atomic mass is 10.1. The fourth-order valence-electron chi connectivity index (χ4n) is 2.01. The number of halogens is 1. The average molecular weight is 258 g/mol. The normalized spacial score (nSPS) is 17.2. The van der Waals surface area contributed by atoms with E-state index < -0.39 is 0 Å². The molecule has 0 bridgehead atoms. The minimum absolute atomic E-state index is 0.0551. The van der Waals surface area contributed by atoms with Crippen LogP contribution in [0, 0.1) is 0 Å². The van der Waals surface area contributed by atoms with Crippen molar-refractivity contribution in [2.24, 2.45) is 0 Å². The van der Waals surface area contributed by atoms with Crippen molar-refractivity contribution >= 4 is 29.1 Å². The molecule has 1 heterocycles. The molecular formula is C12H16ClNOS. The molecule has 1 fully saturated rings. The van der Waals surface area contributed by atoms with Gasteiger partial charge in [0.05, 0.1) is 17.3 Å². The van der Waals surface area contributed by atoms with E-state index in [2.05, 4.69) is 4.90 Å². The van der Waals surface area contributed by atoms with E-state index in [0.717, 1.165) is 35.1 Å². The van der Waals surface area contributed by atoms with Gasteiger partial charge in [0.2, 0.25) is 0 Å². The van der Waals surface area contributed by atoms with Crippen LogP contribution in [0.25, 0.3) is 0 Å². The van der Waals surface area contributed by atoms with Crippen LogP contribution >= 0.6 is 23.4 Å². The summed E-state index contributed by atoms with van der Waals surface area (Å²) >= 11 is 8.22. The van der Waals surface area contributed by atoms with Crippen molar-refractivity contribution in [2.75, 3.05) is 29.5 Å². The Morgan fingerprint density at radius 2 is 2.19 bits per heavy atom. The number of hydrogen-bond donors (Lipinski definition) is 1. The van der Waals surface area contributed by atoms with Crippen LogP contribution in [0.1, 0.15) is 12.0 Å². The predicted octanol–water partition coefficient (Wildman–Crippen LogP) is 2.78. The first-order valence-electron chi connectivity index (χ1n) is 5.54. The van der Waals surface area contributed by atoms with Crippen LogP contribution in [-0.4, -0.2) is 29.7 Å². The number of aliphatic hydroxyl groups is 1. The topological polar surface area (TPSA) is 23.5 Å². The molecule has 1 saturated heterocycles. The molecule has 0 radical (unpaired) electrons. The summed E-state index contributed by atoms with van der Waals surface area (Å²) in [4.78, 5) is 2.30. The summed E-state index contributed by atoms with van der Waals surface area (Å²) in [7, 11) is 0. The molecule has 1 aromatic rings. The van der Waals surface area contributed by atoms with E-state index in [9.17, 15) is 5.11 Å². The molecule has 1 aromatic carbocycles. The molecule has 0 atom stereocenters. The van der Waals surface area contributed by atoms with Crippen molar-refractivity contribution in [1.82, 2.24) is 0 Å². The van der Waals surface area contributed by atoms with Gasteiger partial charge in [-0.1, -0.05) is 23.7 Å². The third-order valence-electron chi connectivity index (χ3n) is 2.78. The van der Waals surface area contributed by atoms with E-state index in [1.165, 1.54) is 12.2 Å². The van der Waals surface area contributed by atoms with Gasteiger partial charge in [0.1, 0.15) is 0 Å². The standard InChI is InChI=1S/C12H16ClNOS/c13-11-4-1-3-10(9-15)12(11)14-5-2-7-16-8-6-14/h1,3-4,15H,2,5-9H2. The first kappa shape index (κ1) is 12.1. The zero-order valence-electron chi connectivity index (χ0n) is 9.16. The molecule has 1 aliphatic rings. The lowest BCUT2D eigenvalue weighted by molar-refractivity contribution is 0.282. The van der Waals surface area contributed by atoms with Crippen molar-refractivity contribution in [3.8, 4) is 0 Å². The minimum Gasteiger partial charge on any atom is -0.392 e. The highest BCUT2D eigenvalue weighted by Gasteiger charge is 2.16. The van der Waals surface area contributed by atoms with Crippen LogP contribution < -0.4 is 4.90 Å². The Hall–Kier alpha value is -0.380. The number of nitrogens with zero attached hydrogens (tertiary/aromatic N) is 1. The highest BCUT2D eigenvalue weighted by atomic mass is 35.5. The molecule has 88 valence electrons. The minimum atomic E-state index is 0.0551. The summed E-state index contributed by atoms with van der Waals surface area (Å²) in [5, 5.41) is 10.1. The largest absolute Gasteiger partial charge is 0.392 e. The fourth-order valence-corrected chi connectivity index (χ4v) is 3.21. The zero-order chi connectivity index (χ0) is 11.4. The van der Waals surface area contributed by atoms with Crippen LogP contribution in [0.4, 0.5) is 5.69 Å². The molecule has 0 spiro atoms. The number of aliphatic hydroxyl groups excluding tert-OH is 1. The second-order valence-corrected chi connectivity index (χ2v) is 5.49. The first-order chi connectivity index (χ1) is 7.83. The fraction of sp³-hybridized carbons (Fsp3) is 0.500. The molecule has 1 aliphatic heterocycles. The molecule has 0 amide bonds. The van der Waals surface area contributed by atoms with Crippen LogP contribution in [0.5, 0.6) is 0 Å². The first-order valence-corrected chi connectivity index (χ1v) is 7.07. The van der Waals surface area contributed by atoms with E-state index in [1.54, 1.807) is 0 Å². The number of rotatable bonds is 2. The molecule has 0 unspecified atom stereocenters. The molecule has 4 heteroatoms. The van der Waals surface area contributed by atoms with Crippen molar-refractivity contribution in [2.45, 2.75) is 13.0 Å². The number of anilines is 1. The summed E-state index contributed by atoms with van der Waals surface area (Å²) in [6.07, 6.45) is 1.18. The molecule has 16 heavy (non-hydrogen) atoms. The molecule has 0 aliphatic carbocycles. The Bertz CT molecular complexity index is 351. The van der Waals surface area contributed by atoms with Gasteiger partial charge in [-0.05, 0) is 18.2 Å². The van der Waals surface area contributed by atoms with Crippen LogP contribution in [0.3, 0.4) is 0 Å². The Labute approximate surface area is 106 Å². The molecule has 1 N–H and O–H groups in total. The second-order valence-electron chi connectivity index (χ2n) is 3.86. The smallest absolute Gasteiger partial charge is 0.0702 e. The predicted molar refractivity (Wildman–Crippen MR) is 71.5 cm³/mol. The highest BCUT2D eigenvalue weighted by molar-refractivity contribution is 7.99. The van der Waals surface area contributed by atoms with Gasteiger partial charge in [-0.15, -0.1) is 0 Å². The Balaban J connectivity index is 2.29. The lowest BCUT2D eigenvalue weighted by Gasteiger charge is -2.25. The number of para-hydroxylation sites is 1. The van der Waals surface area contributed by atoms with Crippen LogP contribution in [-0.2, 0) is 6.61 Å². The van der Waals surface area contributed by atoms with E-state index in [4.69, 9.17) is 11.6 Å². The van der Waals surface area contributed by atoms with Gasteiger partial charge in [-0.25, -0.2) is 0 Å². The number of benzene rings is 1. The number of hydrogen-bond acceptors (Lipinski definition) is 3. The highest BCUT2D eigenvalue weighted by Crippen LogP contribution is 2.31. The van der Waals surface area contributed by atoms with Crippen molar-refractivity contribution in [3.63, 3.8) is 0 Å². The Kier molecular flexibility index (Phi) is 4.38. The van der Waals surface area contributed by atoms with E-state index in [1.807, 2.05) is 30.0 Å². The zero-order valence-corrected chi connectivity index (χ0v) is 10.7. The summed E-state index contributed by atoms with van der Waals surface area (Å²) < 4.78 is 0. The maximum Gasteiger partial charge on any atom is 0.0702 e. The lowest BCUT2D eigenvalue weighted by Crippen LogP contribution is -2.26. The van der Waals surface area contributed by atoms with Crippen LogP contribution in [0.2, 0.25) is 5.02 Å². The summed E-state index contributed by atoms with van der Waals surface area (Å²) in [6, 6.07) is 5.73. The van der Waals surface area contributed by atoms with Gasteiger partial charge >= 0.3 is 0 Å². The quantitative estimate of drug-likeness (QED) is 0.881. The van der Waals surface area contributed by atoms with Gasteiger partial charge in [-0.2, -0.15) is 11.8 Å². The van der Waals surface area contributed by atoms with Gasteiger partial charge in [0, 0.05) is 24.4 Å². The third-order valence-corrected chi connectivity index (χ3v) is 4.13. The summed E-state index contributed by atoms with van der Waals surface area (Å²) in [5.41, 5.74) is 1.95. The van der Waals surface area contributed by atoms with Gasteiger partial charge in [0.15, 0.2) is 0 Å². The Morgan fingerprint density at radius 1 is 1.31 bits per heavy atom. The molecule has 0 saturated carbocycles. The van der Waals surface area contributed by atoms with Crippen molar-refractivity contribution in [3.05, 3.63) is 28.8 Å². The maximum absolute atomic E-state index is 9.35. The maximum atomic E-state index is 9.35. The van der Waals surface area contributed by atoms with Gasteiger partial charge in [-0.3, -0.25) is 0 Å². The SMILES string of the molecule is OCc1cccc(Cl)c1N1CCCSCC1. The monoisotopic (exact) mass is 257 g/mol. The summed E-state index contributed by atoms with van der Waals surface area (Å²) in [5.74, 6) is 2.35. The van der Waals surface area contributed by atoms with E-state index in [-0.39, 0.29) is 6.61 Å². The van der Waals surface area contributed by atoms with Crippen molar-refractivity contribution in [1.29, 1.82) is 0 Å². The second kappa shape index (κ2) is 5.80. The summed E-state index contributed by atoms with van der Waals surface area (Å²) in [6.45, 7) is 2.10.